The standard InChI is InChI=1S/C8H20N2O2/c1-3-12-5-4-10(2)6-8(9)7-11/h8,11H,3-7,9H2,1-2H3. The highest BCUT2D eigenvalue weighted by molar-refractivity contribution is 4.63. The number of likely N-dealkylation sites (N-methyl/N-ethyl adjacent to an activating group) is 1. The predicted molar refractivity (Wildman–Crippen MR) is 49.1 cm³/mol. The normalized spacial score (nSPS) is 13.8. The van der Waals surface area contributed by atoms with Crippen LogP contribution < -0.4 is 5.73 Å². The summed E-state index contributed by atoms with van der Waals surface area (Å²) in [6.07, 6.45) is 0. The number of hydrogen-bond donors (Lipinski definition) is 2. The summed E-state index contributed by atoms with van der Waals surface area (Å²) >= 11 is 0. The van der Waals surface area contributed by atoms with Crippen molar-refractivity contribution in [3.8, 4) is 0 Å². The van der Waals surface area contributed by atoms with E-state index in [1.807, 2.05) is 14.0 Å². The number of ether oxygens (including phenoxy) is 1. The second-order valence-electron chi connectivity index (χ2n) is 2.90. The van der Waals surface area contributed by atoms with E-state index in [9.17, 15) is 0 Å². The van der Waals surface area contributed by atoms with Crippen LogP contribution in [0.4, 0.5) is 0 Å². The molecule has 0 spiro atoms. The quantitative estimate of drug-likeness (QED) is 0.502. The van der Waals surface area contributed by atoms with Crippen molar-refractivity contribution in [3.05, 3.63) is 0 Å². The molecular weight excluding hydrogens is 156 g/mol. The Morgan fingerprint density at radius 1 is 1.58 bits per heavy atom. The van der Waals surface area contributed by atoms with Crippen LogP contribution in [0.1, 0.15) is 6.92 Å². The van der Waals surface area contributed by atoms with Crippen molar-refractivity contribution in [3.63, 3.8) is 0 Å². The average Bonchev–Trinajstić information content (AvgIpc) is 2.05. The molecule has 0 aliphatic rings. The van der Waals surface area contributed by atoms with E-state index < -0.39 is 0 Å². The highest BCUT2D eigenvalue weighted by Crippen LogP contribution is 1.86. The number of hydrogen-bond acceptors (Lipinski definition) is 4. The average molecular weight is 176 g/mol. The zero-order valence-corrected chi connectivity index (χ0v) is 7.99. The molecular formula is C8H20N2O2. The van der Waals surface area contributed by atoms with Crippen molar-refractivity contribution in [1.29, 1.82) is 0 Å². The van der Waals surface area contributed by atoms with Gasteiger partial charge in [0.1, 0.15) is 0 Å². The molecule has 0 aromatic heterocycles. The Kier molecular flexibility index (Phi) is 7.39. The van der Waals surface area contributed by atoms with Gasteiger partial charge in [-0.25, -0.2) is 0 Å². The lowest BCUT2D eigenvalue weighted by molar-refractivity contribution is 0.116. The summed E-state index contributed by atoms with van der Waals surface area (Å²) in [4.78, 5) is 2.05. The monoisotopic (exact) mass is 176 g/mol. The smallest absolute Gasteiger partial charge is 0.0595 e. The van der Waals surface area contributed by atoms with Crippen LogP contribution in [-0.2, 0) is 4.74 Å². The lowest BCUT2D eigenvalue weighted by Gasteiger charge is -2.19. The van der Waals surface area contributed by atoms with Crippen molar-refractivity contribution < 1.29 is 9.84 Å². The number of rotatable bonds is 7. The third-order valence-corrected chi connectivity index (χ3v) is 1.60. The minimum absolute atomic E-state index is 0.0406. The Hall–Kier alpha value is -0.160. The fourth-order valence-corrected chi connectivity index (χ4v) is 0.914. The van der Waals surface area contributed by atoms with Gasteiger partial charge in [-0.15, -0.1) is 0 Å². The Morgan fingerprint density at radius 3 is 2.75 bits per heavy atom. The fraction of sp³-hybridized carbons (Fsp3) is 1.00. The molecule has 3 N–H and O–H groups in total. The van der Waals surface area contributed by atoms with Crippen molar-refractivity contribution in [2.45, 2.75) is 13.0 Å². The van der Waals surface area contributed by atoms with Gasteiger partial charge in [0.15, 0.2) is 0 Å². The summed E-state index contributed by atoms with van der Waals surface area (Å²) in [5.74, 6) is 0. The molecule has 74 valence electrons. The van der Waals surface area contributed by atoms with Crippen LogP contribution in [0.15, 0.2) is 0 Å². The van der Waals surface area contributed by atoms with E-state index in [1.165, 1.54) is 0 Å². The van der Waals surface area contributed by atoms with Crippen molar-refractivity contribution in [2.24, 2.45) is 5.73 Å². The summed E-state index contributed by atoms with van der Waals surface area (Å²) in [5.41, 5.74) is 5.55. The Balaban J connectivity index is 3.26. The van der Waals surface area contributed by atoms with E-state index in [0.29, 0.717) is 6.54 Å². The molecule has 0 radical (unpaired) electrons. The Bertz CT molecular complexity index is 101. The highest BCUT2D eigenvalue weighted by atomic mass is 16.5. The molecule has 1 unspecified atom stereocenters. The lowest BCUT2D eigenvalue weighted by atomic mass is 10.3. The van der Waals surface area contributed by atoms with Gasteiger partial charge >= 0.3 is 0 Å². The van der Waals surface area contributed by atoms with Gasteiger partial charge in [-0.3, -0.25) is 0 Å². The molecule has 0 fully saturated rings. The predicted octanol–water partition coefficient (Wildman–Crippen LogP) is -0.726. The topological polar surface area (TPSA) is 58.7 Å². The first kappa shape index (κ1) is 11.8. The molecule has 0 saturated carbocycles. The Labute approximate surface area is 74.3 Å². The Morgan fingerprint density at radius 2 is 2.25 bits per heavy atom. The first-order valence-electron chi connectivity index (χ1n) is 4.33. The van der Waals surface area contributed by atoms with Gasteiger partial charge in [-0.1, -0.05) is 0 Å². The third-order valence-electron chi connectivity index (χ3n) is 1.60. The van der Waals surface area contributed by atoms with Crippen molar-refractivity contribution in [1.82, 2.24) is 4.90 Å². The summed E-state index contributed by atoms with van der Waals surface area (Å²) in [7, 11) is 1.97. The molecule has 0 amide bonds. The van der Waals surface area contributed by atoms with E-state index in [-0.39, 0.29) is 12.6 Å². The van der Waals surface area contributed by atoms with Gasteiger partial charge in [0.25, 0.3) is 0 Å². The second kappa shape index (κ2) is 7.49. The molecule has 0 aliphatic heterocycles. The molecule has 0 aliphatic carbocycles. The van der Waals surface area contributed by atoms with Crippen LogP contribution in [-0.4, -0.2) is 56.0 Å². The molecule has 4 heteroatoms. The van der Waals surface area contributed by atoms with Crippen LogP contribution in [0.2, 0.25) is 0 Å². The molecule has 0 rings (SSSR count). The maximum absolute atomic E-state index is 8.67. The summed E-state index contributed by atoms with van der Waals surface area (Å²) in [5, 5.41) is 8.67. The van der Waals surface area contributed by atoms with Crippen LogP contribution in [0.3, 0.4) is 0 Å². The maximum atomic E-state index is 8.67. The SMILES string of the molecule is CCOCCN(C)CC(N)CO. The van der Waals surface area contributed by atoms with Gasteiger partial charge < -0.3 is 20.5 Å². The minimum atomic E-state index is -0.142. The molecule has 0 aromatic carbocycles. The number of nitrogens with zero attached hydrogens (tertiary/aromatic N) is 1. The summed E-state index contributed by atoms with van der Waals surface area (Å²) < 4.78 is 5.17. The first-order chi connectivity index (χ1) is 5.70. The van der Waals surface area contributed by atoms with E-state index >= 15 is 0 Å². The van der Waals surface area contributed by atoms with E-state index in [2.05, 4.69) is 4.90 Å². The van der Waals surface area contributed by atoms with E-state index in [4.69, 9.17) is 15.6 Å². The minimum Gasteiger partial charge on any atom is -0.395 e. The third kappa shape index (κ3) is 6.54. The molecule has 0 saturated heterocycles. The maximum Gasteiger partial charge on any atom is 0.0595 e. The van der Waals surface area contributed by atoms with Crippen LogP contribution in [0.5, 0.6) is 0 Å². The molecule has 0 heterocycles. The van der Waals surface area contributed by atoms with Gasteiger partial charge in [-0.2, -0.15) is 0 Å². The highest BCUT2D eigenvalue weighted by Gasteiger charge is 2.04. The number of nitrogens with two attached hydrogens (primary N) is 1. The van der Waals surface area contributed by atoms with Crippen LogP contribution in [0, 0.1) is 0 Å². The van der Waals surface area contributed by atoms with Gasteiger partial charge in [-0.05, 0) is 14.0 Å². The van der Waals surface area contributed by atoms with Crippen molar-refractivity contribution >= 4 is 0 Å². The van der Waals surface area contributed by atoms with Gasteiger partial charge in [0, 0.05) is 25.7 Å². The van der Waals surface area contributed by atoms with E-state index in [0.717, 1.165) is 19.8 Å². The largest absolute Gasteiger partial charge is 0.395 e. The van der Waals surface area contributed by atoms with Crippen molar-refractivity contribution in [2.75, 3.05) is 40.0 Å². The van der Waals surface area contributed by atoms with Gasteiger partial charge in [0.05, 0.1) is 13.2 Å². The molecule has 12 heavy (non-hydrogen) atoms. The van der Waals surface area contributed by atoms with Crippen LogP contribution >= 0.6 is 0 Å². The molecule has 0 aromatic rings. The zero-order valence-electron chi connectivity index (χ0n) is 7.99. The number of aliphatic hydroxyl groups is 1. The van der Waals surface area contributed by atoms with Crippen LogP contribution in [0.25, 0.3) is 0 Å². The summed E-state index contributed by atoms with van der Waals surface area (Å²) in [6.45, 7) is 5.06. The molecule has 0 bridgehead atoms. The van der Waals surface area contributed by atoms with E-state index in [1.54, 1.807) is 0 Å². The first-order valence-corrected chi connectivity index (χ1v) is 4.33. The number of aliphatic hydroxyl groups excluding tert-OH is 1. The summed E-state index contributed by atoms with van der Waals surface area (Å²) in [6, 6.07) is -0.142. The second-order valence-corrected chi connectivity index (χ2v) is 2.90. The lowest BCUT2D eigenvalue weighted by Crippen LogP contribution is -2.39. The molecule has 1 atom stereocenters. The fourth-order valence-electron chi connectivity index (χ4n) is 0.914. The zero-order chi connectivity index (χ0) is 9.40. The van der Waals surface area contributed by atoms with Gasteiger partial charge in [0.2, 0.25) is 0 Å². The molecule has 4 nitrogen and oxygen atoms in total.